The van der Waals surface area contributed by atoms with E-state index in [4.69, 9.17) is 23.2 Å². The monoisotopic (exact) mass is 414 g/mol. The minimum Gasteiger partial charge on any atom is -0.341 e. The van der Waals surface area contributed by atoms with Crippen molar-refractivity contribution in [2.45, 2.75) is 37.6 Å². The van der Waals surface area contributed by atoms with Crippen LogP contribution in [0.25, 0.3) is 0 Å². The van der Waals surface area contributed by atoms with Crippen molar-refractivity contribution in [3.05, 3.63) is 45.7 Å². The Balaban J connectivity index is 1.78. The number of benzene rings is 1. The van der Waals surface area contributed by atoms with Crippen LogP contribution in [0.4, 0.5) is 5.95 Å². The van der Waals surface area contributed by atoms with Gasteiger partial charge < -0.3 is 4.90 Å². The first-order valence-electron chi connectivity index (χ1n) is 8.39. The standard InChI is InChI=1S/C17H20Cl2N4O2S/c1-12-9-14(22-17(21-12)23-7-3-2-4-8-23)11-20-26(24,25)16-10-13(18)5-6-15(16)19/h5-6,9-10,20H,2-4,7-8,11H2,1H3. The Bertz CT molecular complexity index is 900. The SMILES string of the molecule is Cc1cc(CNS(=O)(=O)c2cc(Cl)ccc2Cl)nc(N2CCCCC2)n1. The molecule has 1 saturated heterocycles. The molecule has 1 fully saturated rings. The average molecular weight is 415 g/mol. The van der Waals surface area contributed by atoms with Gasteiger partial charge in [0.2, 0.25) is 16.0 Å². The smallest absolute Gasteiger partial charge is 0.242 e. The second kappa shape index (κ2) is 8.08. The number of hydrogen-bond donors (Lipinski definition) is 1. The molecule has 26 heavy (non-hydrogen) atoms. The second-order valence-corrected chi connectivity index (χ2v) is 8.83. The third-order valence-electron chi connectivity index (χ3n) is 4.16. The zero-order valence-corrected chi connectivity index (χ0v) is 16.7. The van der Waals surface area contributed by atoms with Crippen molar-refractivity contribution in [1.29, 1.82) is 0 Å². The molecule has 1 N–H and O–H groups in total. The van der Waals surface area contributed by atoms with Crippen molar-refractivity contribution in [2.75, 3.05) is 18.0 Å². The van der Waals surface area contributed by atoms with Gasteiger partial charge in [-0.1, -0.05) is 23.2 Å². The van der Waals surface area contributed by atoms with Gasteiger partial charge in [-0.05, 0) is 50.5 Å². The third-order valence-corrected chi connectivity index (χ3v) is 6.28. The molecule has 0 unspecified atom stereocenters. The van der Waals surface area contributed by atoms with E-state index in [9.17, 15) is 8.42 Å². The molecule has 0 amide bonds. The first-order chi connectivity index (χ1) is 12.3. The second-order valence-electron chi connectivity index (χ2n) is 6.25. The lowest BCUT2D eigenvalue weighted by Gasteiger charge is -2.27. The van der Waals surface area contributed by atoms with E-state index in [0.717, 1.165) is 31.6 Å². The Kier molecular flexibility index (Phi) is 6.02. The molecule has 1 aromatic carbocycles. The number of piperidine rings is 1. The Hall–Kier alpha value is -1.41. The van der Waals surface area contributed by atoms with Crippen LogP contribution in [-0.2, 0) is 16.6 Å². The fourth-order valence-electron chi connectivity index (χ4n) is 2.87. The van der Waals surface area contributed by atoms with Gasteiger partial charge in [0.1, 0.15) is 4.90 Å². The summed E-state index contributed by atoms with van der Waals surface area (Å²) in [5.74, 6) is 0.652. The van der Waals surface area contributed by atoms with Crippen LogP contribution in [0.1, 0.15) is 30.7 Å². The molecule has 0 saturated carbocycles. The van der Waals surface area contributed by atoms with Gasteiger partial charge in [0.05, 0.1) is 17.3 Å². The predicted octanol–water partition coefficient (Wildman–Crippen LogP) is 3.56. The zero-order chi connectivity index (χ0) is 18.7. The Morgan fingerprint density at radius 3 is 2.58 bits per heavy atom. The summed E-state index contributed by atoms with van der Waals surface area (Å²) in [7, 11) is -3.80. The van der Waals surface area contributed by atoms with Crippen LogP contribution < -0.4 is 9.62 Å². The molecule has 0 atom stereocenters. The Morgan fingerprint density at radius 1 is 1.12 bits per heavy atom. The Labute approximate surface area is 163 Å². The van der Waals surface area contributed by atoms with Crippen molar-refractivity contribution in [3.63, 3.8) is 0 Å². The van der Waals surface area contributed by atoms with E-state index >= 15 is 0 Å². The molecule has 1 aromatic heterocycles. The van der Waals surface area contributed by atoms with E-state index in [-0.39, 0.29) is 16.5 Å². The molecular weight excluding hydrogens is 395 g/mol. The van der Waals surface area contributed by atoms with Gasteiger partial charge in [-0.15, -0.1) is 0 Å². The summed E-state index contributed by atoms with van der Waals surface area (Å²) >= 11 is 11.9. The molecule has 0 radical (unpaired) electrons. The van der Waals surface area contributed by atoms with Gasteiger partial charge >= 0.3 is 0 Å². The van der Waals surface area contributed by atoms with Gasteiger partial charge in [0.15, 0.2) is 0 Å². The first-order valence-corrected chi connectivity index (χ1v) is 10.6. The fourth-order valence-corrected chi connectivity index (χ4v) is 4.63. The van der Waals surface area contributed by atoms with Crippen molar-refractivity contribution >= 4 is 39.2 Å². The van der Waals surface area contributed by atoms with Crippen LogP contribution in [0.2, 0.25) is 10.0 Å². The predicted molar refractivity (Wildman–Crippen MR) is 103 cm³/mol. The quantitative estimate of drug-likeness (QED) is 0.808. The summed E-state index contributed by atoms with van der Waals surface area (Å²) in [4.78, 5) is 11.1. The Morgan fingerprint density at radius 2 is 1.85 bits per heavy atom. The van der Waals surface area contributed by atoms with Crippen LogP contribution in [0.15, 0.2) is 29.2 Å². The molecule has 3 rings (SSSR count). The molecule has 9 heteroatoms. The number of hydrogen-bond acceptors (Lipinski definition) is 5. The summed E-state index contributed by atoms with van der Waals surface area (Å²) in [6.45, 7) is 3.77. The summed E-state index contributed by atoms with van der Waals surface area (Å²) in [6.07, 6.45) is 3.45. The molecule has 1 aliphatic rings. The normalized spacial score (nSPS) is 15.3. The number of aryl methyl sites for hydroxylation is 1. The number of anilines is 1. The van der Waals surface area contributed by atoms with E-state index in [1.807, 2.05) is 6.92 Å². The van der Waals surface area contributed by atoms with Crippen LogP contribution >= 0.6 is 23.2 Å². The largest absolute Gasteiger partial charge is 0.341 e. The van der Waals surface area contributed by atoms with Crippen molar-refractivity contribution in [2.24, 2.45) is 0 Å². The van der Waals surface area contributed by atoms with E-state index in [0.29, 0.717) is 16.7 Å². The number of nitrogens with zero attached hydrogens (tertiary/aromatic N) is 3. The van der Waals surface area contributed by atoms with Crippen molar-refractivity contribution in [1.82, 2.24) is 14.7 Å². The third kappa shape index (κ3) is 4.65. The van der Waals surface area contributed by atoms with Gasteiger partial charge in [0.25, 0.3) is 0 Å². The van der Waals surface area contributed by atoms with Gasteiger partial charge in [0, 0.05) is 23.8 Å². The molecule has 0 bridgehead atoms. The van der Waals surface area contributed by atoms with Crippen LogP contribution in [-0.4, -0.2) is 31.5 Å². The maximum absolute atomic E-state index is 12.5. The number of halogens is 2. The number of nitrogens with one attached hydrogen (secondary N) is 1. The summed E-state index contributed by atoms with van der Waals surface area (Å²) in [6, 6.07) is 6.11. The maximum Gasteiger partial charge on any atom is 0.242 e. The highest BCUT2D eigenvalue weighted by atomic mass is 35.5. The van der Waals surface area contributed by atoms with Gasteiger partial charge in [-0.2, -0.15) is 0 Å². The van der Waals surface area contributed by atoms with E-state index < -0.39 is 10.0 Å². The number of aromatic nitrogens is 2. The van der Waals surface area contributed by atoms with Crippen molar-refractivity contribution < 1.29 is 8.42 Å². The van der Waals surface area contributed by atoms with E-state index in [1.54, 1.807) is 12.1 Å². The molecule has 2 aromatic rings. The zero-order valence-electron chi connectivity index (χ0n) is 14.4. The molecule has 0 spiro atoms. The van der Waals surface area contributed by atoms with E-state index in [2.05, 4.69) is 19.6 Å². The molecule has 2 heterocycles. The first kappa shape index (κ1) is 19.4. The fraction of sp³-hybridized carbons (Fsp3) is 0.412. The highest BCUT2D eigenvalue weighted by Crippen LogP contribution is 2.25. The lowest BCUT2D eigenvalue weighted by Crippen LogP contribution is -2.32. The molecular formula is C17H20Cl2N4O2S. The number of sulfonamides is 1. The summed E-state index contributed by atoms with van der Waals surface area (Å²) in [5, 5.41) is 0.426. The number of rotatable bonds is 5. The highest BCUT2D eigenvalue weighted by molar-refractivity contribution is 7.89. The van der Waals surface area contributed by atoms with Crippen LogP contribution in [0.3, 0.4) is 0 Å². The summed E-state index contributed by atoms with van der Waals surface area (Å²) in [5.41, 5.74) is 1.41. The molecule has 0 aliphatic carbocycles. The van der Waals surface area contributed by atoms with Crippen molar-refractivity contribution in [3.8, 4) is 0 Å². The molecule has 140 valence electrons. The minimum absolute atomic E-state index is 0.0475. The highest BCUT2D eigenvalue weighted by Gasteiger charge is 2.19. The lowest BCUT2D eigenvalue weighted by molar-refractivity contribution is 0.565. The molecule has 6 nitrogen and oxygen atoms in total. The molecule has 1 aliphatic heterocycles. The topological polar surface area (TPSA) is 75.2 Å². The minimum atomic E-state index is -3.80. The van der Waals surface area contributed by atoms with Gasteiger partial charge in [-0.3, -0.25) is 0 Å². The van der Waals surface area contributed by atoms with Crippen LogP contribution in [0.5, 0.6) is 0 Å². The van der Waals surface area contributed by atoms with Crippen LogP contribution in [0, 0.1) is 6.92 Å². The van der Waals surface area contributed by atoms with Gasteiger partial charge in [-0.25, -0.2) is 23.1 Å². The maximum atomic E-state index is 12.5. The van der Waals surface area contributed by atoms with E-state index in [1.165, 1.54) is 18.6 Å². The lowest BCUT2D eigenvalue weighted by atomic mass is 10.1. The average Bonchev–Trinajstić information content (AvgIpc) is 2.62. The summed E-state index contributed by atoms with van der Waals surface area (Å²) < 4.78 is 27.6.